The van der Waals surface area contributed by atoms with Crippen molar-refractivity contribution >= 4 is 27.6 Å². The van der Waals surface area contributed by atoms with E-state index in [2.05, 4.69) is 16.4 Å². The number of amides is 1. The number of aromatic nitrogens is 1. The normalized spacial score (nSPS) is 12.4. The van der Waals surface area contributed by atoms with E-state index in [1.54, 1.807) is 12.4 Å². The molecular weight excluding hydrogens is 312 g/mol. The van der Waals surface area contributed by atoms with Crippen LogP contribution in [0.3, 0.4) is 0 Å². The maximum Gasteiger partial charge on any atom is 0.287 e. The highest BCUT2D eigenvalue weighted by atomic mass is 16.3. The van der Waals surface area contributed by atoms with Crippen molar-refractivity contribution in [2.45, 2.75) is 19.9 Å². The fraction of sp³-hybridized carbons (Fsp3) is 0.143. The van der Waals surface area contributed by atoms with Gasteiger partial charge in [-0.25, -0.2) is 0 Å². The molecule has 4 rings (SSSR count). The number of fused-ring (bicyclic) bond motifs is 3. The Morgan fingerprint density at radius 1 is 1.08 bits per heavy atom. The summed E-state index contributed by atoms with van der Waals surface area (Å²) in [5.74, 6) is 0.149. The molecule has 0 aliphatic heterocycles. The molecule has 1 atom stereocenters. The summed E-state index contributed by atoms with van der Waals surface area (Å²) in [4.78, 5) is 16.8. The molecule has 0 aliphatic rings. The van der Waals surface area contributed by atoms with Gasteiger partial charge >= 0.3 is 0 Å². The van der Waals surface area contributed by atoms with Crippen LogP contribution in [0.2, 0.25) is 0 Å². The number of hydrogen-bond acceptors (Lipinski definition) is 3. The largest absolute Gasteiger partial charge is 0.450 e. The standard InChI is InChI=1S/C21H18N2O2/c1-13-17-10-9-15-6-3-4-8-18(15)20(17)25-19(13)21(24)23-14(2)16-7-5-11-22-12-16/h3-12,14H,1-2H3,(H,23,24)/t14-/m1/s1. The van der Waals surface area contributed by atoms with E-state index in [4.69, 9.17) is 4.42 Å². The van der Waals surface area contributed by atoms with E-state index >= 15 is 0 Å². The van der Waals surface area contributed by atoms with Crippen LogP contribution in [0.5, 0.6) is 0 Å². The molecule has 0 radical (unpaired) electrons. The van der Waals surface area contributed by atoms with Gasteiger partial charge in [0.1, 0.15) is 5.58 Å². The van der Waals surface area contributed by atoms with E-state index < -0.39 is 0 Å². The molecule has 2 aromatic carbocycles. The molecule has 25 heavy (non-hydrogen) atoms. The topological polar surface area (TPSA) is 55.1 Å². The highest BCUT2D eigenvalue weighted by Crippen LogP contribution is 2.31. The smallest absolute Gasteiger partial charge is 0.287 e. The van der Waals surface area contributed by atoms with Gasteiger partial charge in [-0.15, -0.1) is 0 Å². The molecule has 1 amide bonds. The van der Waals surface area contributed by atoms with Crippen molar-refractivity contribution in [3.8, 4) is 0 Å². The highest BCUT2D eigenvalue weighted by molar-refractivity contribution is 6.08. The number of nitrogens with zero attached hydrogens (tertiary/aromatic N) is 1. The summed E-state index contributed by atoms with van der Waals surface area (Å²) in [6, 6.07) is 15.7. The number of hydrogen-bond donors (Lipinski definition) is 1. The number of nitrogens with one attached hydrogen (secondary N) is 1. The van der Waals surface area contributed by atoms with E-state index in [1.165, 1.54) is 0 Å². The van der Waals surface area contributed by atoms with Crippen molar-refractivity contribution in [3.05, 3.63) is 77.8 Å². The molecule has 2 aromatic heterocycles. The third-order valence-corrected chi connectivity index (χ3v) is 4.57. The van der Waals surface area contributed by atoms with Crippen LogP contribution in [0.1, 0.15) is 34.6 Å². The van der Waals surface area contributed by atoms with Gasteiger partial charge < -0.3 is 9.73 Å². The van der Waals surface area contributed by atoms with Gasteiger partial charge in [-0.2, -0.15) is 0 Å². The van der Waals surface area contributed by atoms with Crippen LogP contribution < -0.4 is 5.32 Å². The number of carbonyl (C=O) groups is 1. The molecule has 0 spiro atoms. The Morgan fingerprint density at radius 3 is 2.72 bits per heavy atom. The quantitative estimate of drug-likeness (QED) is 0.588. The summed E-state index contributed by atoms with van der Waals surface area (Å²) >= 11 is 0. The Hall–Kier alpha value is -3.14. The first-order valence-corrected chi connectivity index (χ1v) is 8.27. The third-order valence-electron chi connectivity index (χ3n) is 4.57. The first-order chi connectivity index (χ1) is 12.1. The Kier molecular flexibility index (Phi) is 3.73. The zero-order valence-corrected chi connectivity index (χ0v) is 14.1. The number of benzene rings is 2. The molecule has 0 saturated carbocycles. The Bertz CT molecular complexity index is 1070. The predicted octanol–water partition coefficient (Wildman–Crippen LogP) is 4.78. The lowest BCUT2D eigenvalue weighted by molar-refractivity contribution is 0.0913. The zero-order valence-electron chi connectivity index (χ0n) is 14.1. The minimum absolute atomic E-state index is 0.148. The van der Waals surface area contributed by atoms with Crippen LogP contribution in [0.4, 0.5) is 0 Å². The molecule has 4 nitrogen and oxygen atoms in total. The molecule has 0 bridgehead atoms. The lowest BCUT2D eigenvalue weighted by Crippen LogP contribution is -2.26. The zero-order chi connectivity index (χ0) is 17.4. The SMILES string of the molecule is Cc1c(C(=O)N[C@H](C)c2cccnc2)oc2c1ccc1ccccc12. The summed E-state index contributed by atoms with van der Waals surface area (Å²) in [6.45, 7) is 3.85. The Morgan fingerprint density at radius 2 is 1.92 bits per heavy atom. The number of carbonyl (C=O) groups excluding carboxylic acids is 1. The number of pyridine rings is 1. The molecule has 4 aromatic rings. The van der Waals surface area contributed by atoms with Crippen molar-refractivity contribution in [1.29, 1.82) is 0 Å². The van der Waals surface area contributed by atoms with Gasteiger partial charge in [-0.1, -0.05) is 42.5 Å². The van der Waals surface area contributed by atoms with E-state index in [9.17, 15) is 4.79 Å². The highest BCUT2D eigenvalue weighted by Gasteiger charge is 2.20. The van der Waals surface area contributed by atoms with Crippen molar-refractivity contribution in [2.75, 3.05) is 0 Å². The molecule has 0 saturated heterocycles. The van der Waals surface area contributed by atoms with Crippen LogP contribution in [-0.2, 0) is 0 Å². The summed E-state index contributed by atoms with van der Waals surface area (Å²) in [6.07, 6.45) is 3.47. The number of furan rings is 1. The van der Waals surface area contributed by atoms with Gasteiger partial charge in [0.15, 0.2) is 5.76 Å². The van der Waals surface area contributed by atoms with Gasteiger partial charge in [-0.05, 0) is 30.9 Å². The van der Waals surface area contributed by atoms with Gasteiger partial charge in [0.2, 0.25) is 0 Å². The maximum atomic E-state index is 12.7. The number of rotatable bonds is 3. The van der Waals surface area contributed by atoms with E-state index in [-0.39, 0.29) is 11.9 Å². The fourth-order valence-electron chi connectivity index (χ4n) is 3.14. The Balaban J connectivity index is 1.72. The molecule has 2 heterocycles. The molecule has 124 valence electrons. The van der Waals surface area contributed by atoms with Crippen LogP contribution in [0.25, 0.3) is 21.7 Å². The van der Waals surface area contributed by atoms with Crippen LogP contribution in [0.15, 0.2) is 65.3 Å². The predicted molar refractivity (Wildman–Crippen MR) is 98.6 cm³/mol. The minimum Gasteiger partial charge on any atom is -0.450 e. The first-order valence-electron chi connectivity index (χ1n) is 8.27. The monoisotopic (exact) mass is 330 g/mol. The van der Waals surface area contributed by atoms with Gasteiger partial charge in [0, 0.05) is 28.7 Å². The van der Waals surface area contributed by atoms with Crippen LogP contribution in [-0.4, -0.2) is 10.9 Å². The van der Waals surface area contributed by atoms with Gasteiger partial charge in [-0.3, -0.25) is 9.78 Å². The molecule has 0 fully saturated rings. The van der Waals surface area contributed by atoms with Crippen molar-refractivity contribution in [1.82, 2.24) is 10.3 Å². The first kappa shape index (κ1) is 15.4. The van der Waals surface area contributed by atoms with Crippen molar-refractivity contribution in [3.63, 3.8) is 0 Å². The van der Waals surface area contributed by atoms with Crippen LogP contribution in [0, 0.1) is 6.92 Å². The van der Waals surface area contributed by atoms with Crippen molar-refractivity contribution < 1.29 is 9.21 Å². The summed E-state index contributed by atoms with van der Waals surface area (Å²) in [7, 11) is 0. The summed E-state index contributed by atoms with van der Waals surface area (Å²) in [5, 5.41) is 6.07. The molecule has 1 N–H and O–H groups in total. The third kappa shape index (κ3) is 2.66. The maximum absolute atomic E-state index is 12.7. The summed E-state index contributed by atoms with van der Waals surface area (Å²) < 4.78 is 5.98. The summed E-state index contributed by atoms with van der Waals surface area (Å²) in [5.41, 5.74) is 2.57. The molecule has 4 heteroatoms. The lowest BCUT2D eigenvalue weighted by atomic mass is 10.1. The second kappa shape index (κ2) is 6.06. The minimum atomic E-state index is -0.214. The van der Waals surface area contributed by atoms with E-state index in [0.29, 0.717) is 5.76 Å². The van der Waals surface area contributed by atoms with Crippen LogP contribution >= 0.6 is 0 Å². The van der Waals surface area contributed by atoms with Crippen molar-refractivity contribution in [2.24, 2.45) is 0 Å². The second-order valence-electron chi connectivity index (χ2n) is 6.20. The average molecular weight is 330 g/mol. The molecule has 0 unspecified atom stereocenters. The fourth-order valence-corrected chi connectivity index (χ4v) is 3.14. The van der Waals surface area contributed by atoms with Gasteiger partial charge in [0.05, 0.1) is 6.04 Å². The lowest BCUT2D eigenvalue weighted by Gasteiger charge is -2.12. The molecular formula is C21H18N2O2. The second-order valence-corrected chi connectivity index (χ2v) is 6.20. The Labute approximate surface area is 145 Å². The molecule has 0 aliphatic carbocycles. The van der Waals surface area contributed by atoms with Gasteiger partial charge in [0.25, 0.3) is 5.91 Å². The average Bonchev–Trinajstić information content (AvgIpc) is 3.00. The number of aryl methyl sites for hydroxylation is 1. The van der Waals surface area contributed by atoms with E-state index in [1.807, 2.05) is 56.3 Å². The van der Waals surface area contributed by atoms with E-state index in [0.717, 1.165) is 32.9 Å².